The molecule has 20 heavy (non-hydrogen) atoms. The van der Waals surface area contributed by atoms with Crippen molar-refractivity contribution in [1.29, 1.82) is 0 Å². The maximum atomic E-state index is 9.69. The summed E-state index contributed by atoms with van der Waals surface area (Å²) in [4.78, 5) is 1.28. The fraction of sp³-hybridized carbons (Fsp3) is 0.647. The van der Waals surface area contributed by atoms with Gasteiger partial charge in [0.25, 0.3) is 0 Å². The number of aliphatic hydroxyl groups is 1. The van der Waals surface area contributed by atoms with Gasteiger partial charge >= 0.3 is 0 Å². The Hall–Kier alpha value is -0.510. The normalized spacial score (nSPS) is 26.8. The molecule has 3 heteroatoms. The average Bonchev–Trinajstić information content (AvgIpc) is 2.87. The minimum atomic E-state index is -0.383. The molecule has 0 amide bonds. The molecule has 0 radical (unpaired) electrons. The van der Waals surface area contributed by atoms with Crippen molar-refractivity contribution in [1.82, 2.24) is 0 Å². The van der Waals surface area contributed by atoms with Crippen molar-refractivity contribution in [2.24, 2.45) is 0 Å². The minimum Gasteiger partial charge on any atom is -0.389 e. The molecular weight excluding hydrogens is 268 g/mol. The Morgan fingerprint density at radius 1 is 1.35 bits per heavy atom. The van der Waals surface area contributed by atoms with Gasteiger partial charge in [-0.1, -0.05) is 25.0 Å². The smallest absolute Gasteiger partial charge is 0.0762 e. The number of hydrogen-bond acceptors (Lipinski definition) is 3. The van der Waals surface area contributed by atoms with Crippen molar-refractivity contribution in [2.45, 2.75) is 67.3 Å². The highest BCUT2D eigenvalue weighted by Crippen LogP contribution is 2.44. The molecule has 0 aromatic heterocycles. The number of hydrogen-bond donors (Lipinski definition) is 1. The molecule has 0 bridgehead atoms. The van der Waals surface area contributed by atoms with Crippen molar-refractivity contribution in [3.63, 3.8) is 0 Å². The van der Waals surface area contributed by atoms with Crippen molar-refractivity contribution >= 4 is 11.8 Å². The van der Waals surface area contributed by atoms with Gasteiger partial charge in [0.2, 0.25) is 0 Å². The van der Waals surface area contributed by atoms with Crippen LogP contribution in [0.5, 0.6) is 0 Å². The molecule has 2 unspecified atom stereocenters. The zero-order chi connectivity index (χ0) is 14.0. The lowest BCUT2D eigenvalue weighted by Crippen LogP contribution is -2.38. The van der Waals surface area contributed by atoms with Gasteiger partial charge in [-0.2, -0.15) is 0 Å². The molecule has 1 aliphatic heterocycles. The third-order valence-electron chi connectivity index (χ3n) is 4.61. The van der Waals surface area contributed by atoms with Crippen LogP contribution in [0, 0.1) is 0 Å². The van der Waals surface area contributed by atoms with E-state index in [1.165, 1.54) is 37.0 Å². The lowest BCUT2D eigenvalue weighted by molar-refractivity contribution is -0.0704. The summed E-state index contributed by atoms with van der Waals surface area (Å²) < 4.78 is 6.10. The minimum absolute atomic E-state index is 0.192. The first kappa shape index (κ1) is 14.4. The Balaban J connectivity index is 1.66. The Kier molecular flexibility index (Phi) is 4.39. The first-order valence-electron chi connectivity index (χ1n) is 7.76. The molecule has 3 rings (SSSR count). The van der Waals surface area contributed by atoms with E-state index in [4.69, 9.17) is 4.74 Å². The summed E-state index contributed by atoms with van der Waals surface area (Å²) in [6.45, 7) is 2.74. The largest absolute Gasteiger partial charge is 0.389 e. The lowest BCUT2D eigenvalue weighted by atomic mass is 9.92. The van der Waals surface area contributed by atoms with Gasteiger partial charge in [0, 0.05) is 16.8 Å². The topological polar surface area (TPSA) is 29.5 Å². The van der Waals surface area contributed by atoms with E-state index in [1.807, 2.05) is 24.8 Å². The van der Waals surface area contributed by atoms with E-state index in [-0.39, 0.29) is 11.7 Å². The summed E-state index contributed by atoms with van der Waals surface area (Å²) in [5.74, 6) is 0. The molecule has 2 atom stereocenters. The highest BCUT2D eigenvalue weighted by atomic mass is 32.2. The van der Waals surface area contributed by atoms with Crippen LogP contribution in [0.4, 0.5) is 0 Å². The quantitative estimate of drug-likeness (QED) is 0.899. The van der Waals surface area contributed by atoms with Gasteiger partial charge < -0.3 is 9.84 Å². The van der Waals surface area contributed by atoms with Gasteiger partial charge in [-0.05, 0) is 50.3 Å². The molecule has 1 aromatic rings. The van der Waals surface area contributed by atoms with Crippen LogP contribution in [0.25, 0.3) is 0 Å². The van der Waals surface area contributed by atoms with Crippen LogP contribution in [0.1, 0.15) is 57.1 Å². The van der Waals surface area contributed by atoms with E-state index in [0.29, 0.717) is 5.25 Å². The zero-order valence-electron chi connectivity index (χ0n) is 12.2. The van der Waals surface area contributed by atoms with Crippen molar-refractivity contribution in [3.05, 3.63) is 29.8 Å². The molecule has 1 aliphatic carbocycles. The predicted molar refractivity (Wildman–Crippen MR) is 83.1 cm³/mol. The standard InChI is InChI=1S/C17H24O2S/c1-13(18)14-5-4-6-15(11-14)20-16-7-10-19-17(12-16)8-2-3-9-17/h4-6,11,13,16,18H,2-3,7-10,12H2,1H3. The van der Waals surface area contributed by atoms with Gasteiger partial charge in [-0.3, -0.25) is 0 Å². The Morgan fingerprint density at radius 3 is 2.90 bits per heavy atom. The molecule has 1 saturated heterocycles. The van der Waals surface area contributed by atoms with E-state index in [0.717, 1.165) is 18.6 Å². The maximum absolute atomic E-state index is 9.69. The van der Waals surface area contributed by atoms with Crippen LogP contribution in [0.3, 0.4) is 0 Å². The van der Waals surface area contributed by atoms with Crippen LogP contribution >= 0.6 is 11.8 Å². The van der Waals surface area contributed by atoms with Crippen molar-refractivity contribution in [3.8, 4) is 0 Å². The Labute approximate surface area is 125 Å². The Bertz CT molecular complexity index is 452. The molecule has 1 aromatic carbocycles. The molecule has 1 N–H and O–H groups in total. The fourth-order valence-electron chi connectivity index (χ4n) is 3.49. The average molecular weight is 292 g/mol. The molecular formula is C17H24O2S. The fourth-order valence-corrected chi connectivity index (χ4v) is 4.84. The van der Waals surface area contributed by atoms with E-state index in [2.05, 4.69) is 18.2 Å². The number of thioether (sulfide) groups is 1. The molecule has 1 saturated carbocycles. The molecule has 1 heterocycles. The van der Waals surface area contributed by atoms with E-state index < -0.39 is 0 Å². The highest BCUT2D eigenvalue weighted by Gasteiger charge is 2.40. The SMILES string of the molecule is CC(O)c1cccc(SC2CCOC3(CCCC3)C2)c1. The summed E-state index contributed by atoms with van der Waals surface area (Å²) in [6.07, 6.45) is 7.10. The monoisotopic (exact) mass is 292 g/mol. The lowest BCUT2D eigenvalue weighted by Gasteiger charge is -2.38. The van der Waals surface area contributed by atoms with Crippen LogP contribution in [-0.2, 0) is 4.74 Å². The van der Waals surface area contributed by atoms with Crippen molar-refractivity contribution < 1.29 is 9.84 Å². The van der Waals surface area contributed by atoms with Crippen LogP contribution in [0.15, 0.2) is 29.2 Å². The Morgan fingerprint density at radius 2 is 2.15 bits per heavy atom. The maximum Gasteiger partial charge on any atom is 0.0762 e. The van der Waals surface area contributed by atoms with E-state index >= 15 is 0 Å². The van der Waals surface area contributed by atoms with Crippen molar-refractivity contribution in [2.75, 3.05) is 6.61 Å². The molecule has 110 valence electrons. The third kappa shape index (κ3) is 3.21. The van der Waals surface area contributed by atoms with Gasteiger partial charge in [0.15, 0.2) is 0 Å². The number of aliphatic hydroxyl groups excluding tert-OH is 1. The summed E-state index contributed by atoms with van der Waals surface area (Å²) in [6, 6.07) is 8.34. The van der Waals surface area contributed by atoms with Crippen LogP contribution in [-0.4, -0.2) is 22.6 Å². The number of benzene rings is 1. The first-order chi connectivity index (χ1) is 9.67. The molecule has 1 spiro atoms. The summed E-state index contributed by atoms with van der Waals surface area (Å²) in [5, 5.41) is 10.4. The molecule has 2 nitrogen and oxygen atoms in total. The predicted octanol–water partition coefficient (Wildman–Crippen LogP) is 4.32. The summed E-state index contributed by atoms with van der Waals surface area (Å²) >= 11 is 1.97. The highest BCUT2D eigenvalue weighted by molar-refractivity contribution is 8.00. The second-order valence-corrected chi connectivity index (χ2v) is 7.59. The van der Waals surface area contributed by atoms with E-state index in [1.54, 1.807) is 0 Å². The van der Waals surface area contributed by atoms with Crippen LogP contribution < -0.4 is 0 Å². The van der Waals surface area contributed by atoms with Crippen LogP contribution in [0.2, 0.25) is 0 Å². The van der Waals surface area contributed by atoms with Gasteiger partial charge in [0.1, 0.15) is 0 Å². The molecule has 2 fully saturated rings. The second kappa shape index (κ2) is 6.08. The molecule has 2 aliphatic rings. The first-order valence-corrected chi connectivity index (χ1v) is 8.64. The van der Waals surface area contributed by atoms with E-state index in [9.17, 15) is 5.11 Å². The van der Waals surface area contributed by atoms with Gasteiger partial charge in [-0.15, -0.1) is 11.8 Å². The number of ether oxygens (including phenoxy) is 1. The van der Waals surface area contributed by atoms with Gasteiger partial charge in [-0.25, -0.2) is 0 Å². The van der Waals surface area contributed by atoms with Gasteiger partial charge in [0.05, 0.1) is 11.7 Å². The number of rotatable bonds is 3. The third-order valence-corrected chi connectivity index (χ3v) is 5.87. The summed E-state index contributed by atoms with van der Waals surface area (Å²) in [7, 11) is 0. The second-order valence-electron chi connectivity index (χ2n) is 6.22. The summed E-state index contributed by atoms with van der Waals surface area (Å²) in [5.41, 5.74) is 1.20. The zero-order valence-corrected chi connectivity index (χ0v) is 13.0.